The van der Waals surface area contributed by atoms with Crippen molar-refractivity contribution in [1.29, 1.82) is 0 Å². The van der Waals surface area contributed by atoms with Crippen molar-refractivity contribution in [3.63, 3.8) is 0 Å². The van der Waals surface area contributed by atoms with Gasteiger partial charge in [-0.1, -0.05) is 44.2 Å². The van der Waals surface area contributed by atoms with Crippen molar-refractivity contribution in [2.75, 3.05) is 5.32 Å². The van der Waals surface area contributed by atoms with Crippen molar-refractivity contribution in [3.05, 3.63) is 36.4 Å². The average molecular weight is 271 g/mol. The highest BCUT2D eigenvalue weighted by Crippen LogP contribution is 2.22. The number of rotatable bonds is 5. The van der Waals surface area contributed by atoms with Gasteiger partial charge in [-0.3, -0.25) is 4.79 Å². The van der Waals surface area contributed by atoms with E-state index in [2.05, 4.69) is 10.4 Å². The Labute approximate surface area is 119 Å². The number of anilines is 1. The van der Waals surface area contributed by atoms with E-state index in [0.29, 0.717) is 12.3 Å². The molecule has 0 aliphatic heterocycles. The zero-order valence-electron chi connectivity index (χ0n) is 12.3. The molecule has 0 radical (unpaired) electrons. The van der Waals surface area contributed by atoms with Gasteiger partial charge in [0.1, 0.15) is 5.82 Å². The Kier molecular flexibility index (Phi) is 4.56. The minimum atomic E-state index is 0.0363. The maximum absolute atomic E-state index is 11.9. The van der Waals surface area contributed by atoms with E-state index in [-0.39, 0.29) is 5.91 Å². The number of hydrogen-bond donors (Lipinski definition) is 1. The molecule has 20 heavy (non-hydrogen) atoms. The first-order valence-corrected chi connectivity index (χ1v) is 7.03. The quantitative estimate of drug-likeness (QED) is 0.904. The standard InChI is InChI=1S/C16H21N3O/c1-4-19-15(17-16(20)10-12(2)3)11-14(18-19)13-8-6-5-7-9-13/h5-9,11-12H,4,10H2,1-3H3,(H,17,20). The molecule has 1 heterocycles. The highest BCUT2D eigenvalue weighted by molar-refractivity contribution is 5.90. The van der Waals surface area contributed by atoms with Crippen LogP contribution in [-0.2, 0) is 11.3 Å². The smallest absolute Gasteiger partial charge is 0.225 e. The first-order chi connectivity index (χ1) is 9.60. The molecule has 1 N–H and O–H groups in total. The Hall–Kier alpha value is -2.10. The van der Waals surface area contributed by atoms with Gasteiger partial charge in [0.2, 0.25) is 5.91 Å². The van der Waals surface area contributed by atoms with Crippen LogP contribution in [0.25, 0.3) is 11.3 Å². The van der Waals surface area contributed by atoms with E-state index in [1.807, 2.05) is 61.9 Å². The number of carbonyl (C=O) groups excluding carboxylic acids is 1. The summed E-state index contributed by atoms with van der Waals surface area (Å²) in [6, 6.07) is 11.9. The Morgan fingerprint density at radius 2 is 2.00 bits per heavy atom. The van der Waals surface area contributed by atoms with Gasteiger partial charge in [0.15, 0.2) is 0 Å². The molecule has 1 aromatic carbocycles. The predicted molar refractivity (Wildman–Crippen MR) is 81.4 cm³/mol. The largest absolute Gasteiger partial charge is 0.311 e. The molecule has 0 atom stereocenters. The Morgan fingerprint density at radius 3 is 2.60 bits per heavy atom. The van der Waals surface area contributed by atoms with Crippen molar-refractivity contribution in [3.8, 4) is 11.3 Å². The van der Waals surface area contributed by atoms with Crippen molar-refractivity contribution in [2.24, 2.45) is 5.92 Å². The number of nitrogens with zero attached hydrogens (tertiary/aromatic N) is 2. The number of aromatic nitrogens is 2. The van der Waals surface area contributed by atoms with E-state index in [9.17, 15) is 4.79 Å². The van der Waals surface area contributed by atoms with Crippen LogP contribution in [0.15, 0.2) is 36.4 Å². The molecular formula is C16H21N3O. The molecule has 1 aromatic heterocycles. The molecule has 0 aliphatic carbocycles. The molecule has 0 bridgehead atoms. The van der Waals surface area contributed by atoms with Gasteiger partial charge >= 0.3 is 0 Å². The Bertz CT molecular complexity index is 573. The van der Waals surface area contributed by atoms with Crippen LogP contribution in [-0.4, -0.2) is 15.7 Å². The second kappa shape index (κ2) is 6.37. The zero-order chi connectivity index (χ0) is 14.5. The van der Waals surface area contributed by atoms with Gasteiger partial charge in [0.05, 0.1) is 5.69 Å². The van der Waals surface area contributed by atoms with E-state index in [4.69, 9.17) is 0 Å². The first kappa shape index (κ1) is 14.3. The number of amides is 1. The minimum absolute atomic E-state index is 0.0363. The lowest BCUT2D eigenvalue weighted by Gasteiger charge is -2.07. The number of aryl methyl sites for hydroxylation is 1. The molecule has 0 saturated heterocycles. The Balaban J connectivity index is 2.21. The van der Waals surface area contributed by atoms with Gasteiger partial charge in [-0.2, -0.15) is 5.10 Å². The van der Waals surface area contributed by atoms with Gasteiger partial charge in [0.25, 0.3) is 0 Å². The molecule has 0 unspecified atom stereocenters. The predicted octanol–water partition coefficient (Wildman–Crippen LogP) is 3.55. The fourth-order valence-corrected chi connectivity index (χ4v) is 2.07. The highest BCUT2D eigenvalue weighted by atomic mass is 16.1. The lowest BCUT2D eigenvalue weighted by Crippen LogP contribution is -2.16. The van der Waals surface area contributed by atoms with Crippen LogP contribution in [0.4, 0.5) is 5.82 Å². The van der Waals surface area contributed by atoms with Gasteiger partial charge in [0, 0.05) is 24.6 Å². The summed E-state index contributed by atoms with van der Waals surface area (Å²) in [6.45, 7) is 6.81. The van der Waals surface area contributed by atoms with Gasteiger partial charge in [-0.15, -0.1) is 0 Å². The third-order valence-corrected chi connectivity index (χ3v) is 3.01. The molecule has 4 nitrogen and oxygen atoms in total. The van der Waals surface area contributed by atoms with Crippen LogP contribution in [0.2, 0.25) is 0 Å². The maximum atomic E-state index is 11.9. The molecule has 2 aromatic rings. The fraction of sp³-hybridized carbons (Fsp3) is 0.375. The van der Waals surface area contributed by atoms with Crippen molar-refractivity contribution >= 4 is 11.7 Å². The zero-order valence-corrected chi connectivity index (χ0v) is 12.3. The summed E-state index contributed by atoms with van der Waals surface area (Å²) in [4.78, 5) is 11.9. The second-order valence-corrected chi connectivity index (χ2v) is 5.24. The average Bonchev–Trinajstić information content (AvgIpc) is 2.81. The van der Waals surface area contributed by atoms with Gasteiger partial charge < -0.3 is 5.32 Å². The topological polar surface area (TPSA) is 46.9 Å². The van der Waals surface area contributed by atoms with Crippen LogP contribution < -0.4 is 5.32 Å². The highest BCUT2D eigenvalue weighted by Gasteiger charge is 2.12. The van der Waals surface area contributed by atoms with Gasteiger partial charge in [-0.05, 0) is 12.8 Å². The third-order valence-electron chi connectivity index (χ3n) is 3.01. The van der Waals surface area contributed by atoms with E-state index in [0.717, 1.165) is 23.6 Å². The van der Waals surface area contributed by atoms with E-state index < -0.39 is 0 Å². The van der Waals surface area contributed by atoms with E-state index in [1.54, 1.807) is 0 Å². The molecule has 4 heteroatoms. The summed E-state index contributed by atoms with van der Waals surface area (Å²) in [6.07, 6.45) is 0.523. The minimum Gasteiger partial charge on any atom is -0.311 e. The number of nitrogens with one attached hydrogen (secondary N) is 1. The molecule has 106 valence electrons. The monoisotopic (exact) mass is 271 g/mol. The summed E-state index contributed by atoms with van der Waals surface area (Å²) in [5.41, 5.74) is 1.94. The van der Waals surface area contributed by atoms with Crippen LogP contribution >= 0.6 is 0 Å². The van der Waals surface area contributed by atoms with Crippen LogP contribution in [0, 0.1) is 5.92 Å². The molecule has 0 spiro atoms. The van der Waals surface area contributed by atoms with E-state index in [1.165, 1.54) is 0 Å². The van der Waals surface area contributed by atoms with Crippen molar-refractivity contribution in [1.82, 2.24) is 9.78 Å². The summed E-state index contributed by atoms with van der Waals surface area (Å²) in [5.74, 6) is 1.15. The number of benzene rings is 1. The molecular weight excluding hydrogens is 250 g/mol. The molecule has 0 aliphatic rings. The molecule has 2 rings (SSSR count). The van der Waals surface area contributed by atoms with Crippen LogP contribution in [0.1, 0.15) is 27.2 Å². The molecule has 1 amide bonds. The summed E-state index contributed by atoms with van der Waals surface area (Å²) < 4.78 is 1.82. The number of carbonyl (C=O) groups is 1. The van der Waals surface area contributed by atoms with Crippen molar-refractivity contribution < 1.29 is 4.79 Å². The fourth-order valence-electron chi connectivity index (χ4n) is 2.07. The summed E-state index contributed by atoms with van der Waals surface area (Å²) in [7, 11) is 0. The second-order valence-electron chi connectivity index (χ2n) is 5.24. The van der Waals surface area contributed by atoms with Gasteiger partial charge in [-0.25, -0.2) is 4.68 Å². The molecule has 0 fully saturated rings. The van der Waals surface area contributed by atoms with E-state index >= 15 is 0 Å². The lowest BCUT2D eigenvalue weighted by atomic mass is 10.1. The maximum Gasteiger partial charge on any atom is 0.225 e. The molecule has 0 saturated carbocycles. The first-order valence-electron chi connectivity index (χ1n) is 7.03. The Morgan fingerprint density at radius 1 is 1.30 bits per heavy atom. The van der Waals surface area contributed by atoms with Crippen LogP contribution in [0.5, 0.6) is 0 Å². The normalized spacial score (nSPS) is 10.8. The number of hydrogen-bond acceptors (Lipinski definition) is 2. The lowest BCUT2D eigenvalue weighted by molar-refractivity contribution is -0.116. The third kappa shape index (κ3) is 3.47. The SMILES string of the molecule is CCn1nc(-c2ccccc2)cc1NC(=O)CC(C)C. The summed E-state index contributed by atoms with van der Waals surface area (Å²) >= 11 is 0. The van der Waals surface area contributed by atoms with Crippen LogP contribution in [0.3, 0.4) is 0 Å². The summed E-state index contributed by atoms with van der Waals surface area (Å²) in [5, 5.41) is 7.48. The van der Waals surface area contributed by atoms with Crippen molar-refractivity contribution in [2.45, 2.75) is 33.7 Å².